The number of pyridine rings is 1. The SMILES string of the molecule is N=C(N)c1cccc(-c2c(CCCCCN3CCC(S(=O)(=O)O)CC3)c3ccccc3[nH]c2=O)c1. The van der Waals surface area contributed by atoms with E-state index in [4.69, 9.17) is 11.1 Å². The van der Waals surface area contributed by atoms with Gasteiger partial charge in [0.25, 0.3) is 15.7 Å². The maximum Gasteiger partial charge on any atom is 0.267 e. The molecule has 0 atom stereocenters. The summed E-state index contributed by atoms with van der Waals surface area (Å²) >= 11 is 0. The number of aromatic amines is 1. The molecule has 35 heavy (non-hydrogen) atoms. The summed E-state index contributed by atoms with van der Waals surface area (Å²) < 4.78 is 31.9. The Kier molecular flexibility index (Phi) is 7.69. The molecule has 0 amide bonds. The quantitative estimate of drug-likeness (QED) is 0.155. The molecule has 8 nitrogen and oxygen atoms in total. The summed E-state index contributed by atoms with van der Waals surface area (Å²) in [7, 11) is -3.94. The predicted molar refractivity (Wildman–Crippen MR) is 140 cm³/mol. The molecule has 0 bridgehead atoms. The highest BCUT2D eigenvalue weighted by Gasteiger charge is 2.27. The van der Waals surface area contributed by atoms with Crippen LogP contribution in [-0.2, 0) is 16.5 Å². The highest BCUT2D eigenvalue weighted by molar-refractivity contribution is 7.86. The minimum absolute atomic E-state index is 0.0359. The van der Waals surface area contributed by atoms with Gasteiger partial charge in [0.1, 0.15) is 5.84 Å². The first kappa shape index (κ1) is 25.1. The summed E-state index contributed by atoms with van der Waals surface area (Å²) in [6, 6.07) is 15.1. The Balaban J connectivity index is 1.46. The number of nitrogen functional groups attached to an aromatic ring is 1. The minimum atomic E-state index is -3.94. The number of aryl methyl sites for hydroxylation is 1. The van der Waals surface area contributed by atoms with Crippen molar-refractivity contribution >= 4 is 26.9 Å². The minimum Gasteiger partial charge on any atom is -0.384 e. The lowest BCUT2D eigenvalue weighted by atomic mass is 9.92. The molecule has 0 radical (unpaired) electrons. The zero-order valence-corrected chi connectivity index (χ0v) is 20.5. The summed E-state index contributed by atoms with van der Waals surface area (Å²) in [4.78, 5) is 18.4. The largest absolute Gasteiger partial charge is 0.384 e. The molecular formula is C26H32N4O4S. The zero-order valence-electron chi connectivity index (χ0n) is 19.7. The van der Waals surface area contributed by atoms with E-state index < -0.39 is 15.4 Å². The number of nitrogens with zero attached hydrogens (tertiary/aromatic N) is 1. The lowest BCUT2D eigenvalue weighted by Crippen LogP contribution is -2.39. The summed E-state index contributed by atoms with van der Waals surface area (Å²) in [6.45, 7) is 2.25. The van der Waals surface area contributed by atoms with Gasteiger partial charge in [0.05, 0.1) is 10.8 Å². The van der Waals surface area contributed by atoms with E-state index in [-0.39, 0.29) is 11.4 Å². The number of unbranched alkanes of at least 4 members (excludes halogenated alkanes) is 2. The Labute approximate surface area is 205 Å². The normalized spacial score (nSPS) is 15.5. The Morgan fingerprint density at radius 1 is 1.09 bits per heavy atom. The van der Waals surface area contributed by atoms with E-state index in [2.05, 4.69) is 9.88 Å². The highest BCUT2D eigenvalue weighted by atomic mass is 32.2. The van der Waals surface area contributed by atoms with E-state index in [9.17, 15) is 17.8 Å². The summed E-state index contributed by atoms with van der Waals surface area (Å²) in [5.41, 5.74) is 9.29. The Hall–Kier alpha value is -3.01. The van der Waals surface area contributed by atoms with E-state index in [0.29, 0.717) is 37.1 Å². The van der Waals surface area contributed by atoms with Gasteiger partial charge in [-0.15, -0.1) is 0 Å². The third kappa shape index (κ3) is 5.98. The third-order valence-electron chi connectivity index (χ3n) is 6.85. The van der Waals surface area contributed by atoms with Crippen LogP contribution in [0.1, 0.15) is 43.2 Å². The second-order valence-electron chi connectivity index (χ2n) is 9.21. The highest BCUT2D eigenvalue weighted by Crippen LogP contribution is 2.28. The van der Waals surface area contributed by atoms with Crippen molar-refractivity contribution in [3.05, 3.63) is 70.0 Å². The van der Waals surface area contributed by atoms with Gasteiger partial charge >= 0.3 is 0 Å². The number of amidine groups is 1. The third-order valence-corrected chi connectivity index (χ3v) is 8.16. The lowest BCUT2D eigenvalue weighted by molar-refractivity contribution is 0.222. The van der Waals surface area contributed by atoms with E-state index in [1.54, 1.807) is 12.1 Å². The number of nitrogens with one attached hydrogen (secondary N) is 2. The van der Waals surface area contributed by atoms with Crippen LogP contribution in [0.5, 0.6) is 0 Å². The molecule has 4 rings (SSSR count). The number of hydrogen-bond acceptors (Lipinski definition) is 5. The summed E-state index contributed by atoms with van der Waals surface area (Å²) in [5.74, 6) is -0.0359. The molecule has 1 aromatic heterocycles. The van der Waals surface area contributed by atoms with Gasteiger partial charge in [-0.25, -0.2) is 0 Å². The van der Waals surface area contributed by atoms with Crippen LogP contribution in [0.25, 0.3) is 22.0 Å². The van der Waals surface area contributed by atoms with Crippen molar-refractivity contribution in [2.24, 2.45) is 5.73 Å². The molecule has 0 unspecified atom stereocenters. The second kappa shape index (κ2) is 10.7. The van der Waals surface area contributed by atoms with E-state index in [1.165, 1.54) is 0 Å². The predicted octanol–water partition coefficient (Wildman–Crippen LogP) is 3.54. The fourth-order valence-electron chi connectivity index (χ4n) is 4.96. The maximum absolute atomic E-state index is 13.1. The molecule has 186 valence electrons. The van der Waals surface area contributed by atoms with Crippen LogP contribution in [0.4, 0.5) is 0 Å². The summed E-state index contributed by atoms with van der Waals surface area (Å²) in [6.07, 6.45) is 4.56. The van der Waals surface area contributed by atoms with Gasteiger partial charge in [-0.1, -0.05) is 42.8 Å². The number of H-pyrrole nitrogens is 1. The average molecular weight is 497 g/mol. The van der Waals surface area contributed by atoms with E-state index >= 15 is 0 Å². The molecule has 9 heteroatoms. The van der Waals surface area contributed by atoms with Crippen LogP contribution in [0.15, 0.2) is 53.3 Å². The lowest BCUT2D eigenvalue weighted by Gasteiger charge is -2.30. The topological polar surface area (TPSA) is 140 Å². The summed E-state index contributed by atoms with van der Waals surface area (Å²) in [5, 5.41) is 8.14. The second-order valence-corrected chi connectivity index (χ2v) is 10.9. The zero-order chi connectivity index (χ0) is 25.0. The van der Waals surface area contributed by atoms with Crippen molar-refractivity contribution in [1.82, 2.24) is 9.88 Å². The van der Waals surface area contributed by atoms with Crippen molar-refractivity contribution in [3.63, 3.8) is 0 Å². The van der Waals surface area contributed by atoms with Crippen LogP contribution in [0.3, 0.4) is 0 Å². The van der Waals surface area contributed by atoms with Crippen molar-refractivity contribution in [1.29, 1.82) is 5.41 Å². The monoisotopic (exact) mass is 496 g/mol. The number of fused-ring (bicyclic) bond motifs is 1. The standard InChI is InChI=1S/C26H32N4O4S/c27-25(28)19-8-6-7-18(17-19)24-22(21-9-3-4-11-23(21)29-26(24)31)10-2-1-5-14-30-15-12-20(13-16-30)35(32,33)34/h3-4,6-9,11,17,20H,1-2,5,10,12-16H2,(H3,27,28)(H,29,31)(H,32,33,34). The van der Waals surface area contributed by atoms with Crippen LogP contribution in [0.2, 0.25) is 0 Å². The first-order valence-corrected chi connectivity index (χ1v) is 13.5. The van der Waals surface area contributed by atoms with Gasteiger partial charge in [0, 0.05) is 16.5 Å². The number of aromatic nitrogens is 1. The Bertz CT molecular complexity index is 1380. The van der Waals surface area contributed by atoms with Crippen molar-refractivity contribution in [2.45, 2.75) is 43.8 Å². The average Bonchev–Trinajstić information content (AvgIpc) is 2.83. The fourth-order valence-corrected chi connectivity index (χ4v) is 5.77. The van der Waals surface area contributed by atoms with Crippen LogP contribution in [-0.4, -0.2) is 53.6 Å². The molecule has 2 aromatic carbocycles. The Morgan fingerprint density at radius 2 is 1.83 bits per heavy atom. The van der Waals surface area contributed by atoms with E-state index in [0.717, 1.165) is 54.3 Å². The van der Waals surface area contributed by atoms with Crippen LogP contribution in [0, 0.1) is 5.41 Å². The van der Waals surface area contributed by atoms with Crippen molar-refractivity contribution < 1.29 is 13.0 Å². The van der Waals surface area contributed by atoms with Crippen LogP contribution >= 0.6 is 0 Å². The molecule has 5 N–H and O–H groups in total. The Morgan fingerprint density at radius 3 is 2.54 bits per heavy atom. The van der Waals surface area contributed by atoms with Crippen molar-refractivity contribution in [3.8, 4) is 11.1 Å². The molecule has 0 aliphatic carbocycles. The smallest absolute Gasteiger partial charge is 0.267 e. The number of rotatable bonds is 9. The molecule has 1 aliphatic rings. The first-order valence-electron chi connectivity index (χ1n) is 12.0. The van der Waals surface area contributed by atoms with Gasteiger partial charge in [-0.3, -0.25) is 14.8 Å². The number of benzene rings is 2. The number of piperidine rings is 1. The van der Waals surface area contributed by atoms with Gasteiger partial charge in [-0.2, -0.15) is 8.42 Å². The molecule has 2 heterocycles. The molecular weight excluding hydrogens is 464 g/mol. The van der Waals surface area contributed by atoms with E-state index in [1.807, 2.05) is 36.4 Å². The molecule has 0 spiro atoms. The van der Waals surface area contributed by atoms with Gasteiger partial charge < -0.3 is 15.6 Å². The maximum atomic E-state index is 13.1. The molecule has 3 aromatic rings. The fraction of sp³-hybridized carbons (Fsp3) is 0.385. The van der Waals surface area contributed by atoms with Gasteiger partial charge in [0.2, 0.25) is 0 Å². The molecule has 1 fully saturated rings. The molecule has 1 saturated heterocycles. The van der Waals surface area contributed by atoms with Crippen molar-refractivity contribution in [2.75, 3.05) is 19.6 Å². The van der Waals surface area contributed by atoms with Gasteiger partial charge in [-0.05, 0) is 75.0 Å². The number of likely N-dealkylation sites (tertiary alicyclic amines) is 1. The number of para-hydroxylation sites is 1. The van der Waals surface area contributed by atoms with Gasteiger partial charge in [0.15, 0.2) is 0 Å². The van der Waals surface area contributed by atoms with Crippen LogP contribution < -0.4 is 11.3 Å². The number of hydrogen-bond donors (Lipinski definition) is 4. The first-order chi connectivity index (χ1) is 16.7. The molecule has 1 aliphatic heterocycles. The molecule has 0 saturated carbocycles. The number of nitrogens with two attached hydrogens (primary N) is 1.